The maximum absolute atomic E-state index is 12.0. The molecule has 0 saturated heterocycles. The highest BCUT2D eigenvalue weighted by atomic mass is 16.2. The zero-order valence-corrected chi connectivity index (χ0v) is 10.2. The van der Waals surface area contributed by atoms with E-state index in [1.807, 2.05) is 37.3 Å². The van der Waals surface area contributed by atoms with Crippen LogP contribution in [0.2, 0.25) is 0 Å². The number of ketones is 1. The van der Waals surface area contributed by atoms with Crippen LogP contribution >= 0.6 is 0 Å². The molecular formula is C14H17NO2. The fourth-order valence-corrected chi connectivity index (χ4v) is 2.02. The van der Waals surface area contributed by atoms with Crippen molar-refractivity contribution >= 4 is 11.7 Å². The molecule has 1 N–H and O–H groups in total. The van der Waals surface area contributed by atoms with Crippen LogP contribution in [0.5, 0.6) is 0 Å². The van der Waals surface area contributed by atoms with Gasteiger partial charge in [0, 0.05) is 0 Å². The van der Waals surface area contributed by atoms with Crippen molar-refractivity contribution in [2.75, 3.05) is 0 Å². The lowest BCUT2D eigenvalue weighted by molar-refractivity contribution is -0.135. The molecule has 1 atom stereocenters. The molecule has 90 valence electrons. The monoisotopic (exact) mass is 231 g/mol. The van der Waals surface area contributed by atoms with E-state index in [1.54, 1.807) is 0 Å². The Hall–Kier alpha value is -1.64. The van der Waals surface area contributed by atoms with Gasteiger partial charge in [-0.15, -0.1) is 0 Å². The first kappa shape index (κ1) is 11.8. The summed E-state index contributed by atoms with van der Waals surface area (Å²) in [7, 11) is 0. The van der Waals surface area contributed by atoms with Gasteiger partial charge in [-0.25, -0.2) is 0 Å². The second kappa shape index (κ2) is 4.32. The molecule has 1 amide bonds. The third kappa shape index (κ3) is 2.23. The molecule has 0 aromatic heterocycles. The van der Waals surface area contributed by atoms with Gasteiger partial charge in [-0.2, -0.15) is 0 Å². The number of carbonyl (C=O) groups excluding carboxylic acids is 2. The number of hydrogen-bond acceptors (Lipinski definition) is 2. The van der Waals surface area contributed by atoms with Crippen LogP contribution in [0.3, 0.4) is 0 Å². The number of benzene rings is 1. The van der Waals surface area contributed by atoms with E-state index in [0.29, 0.717) is 12.8 Å². The molecule has 3 nitrogen and oxygen atoms in total. The molecule has 0 heterocycles. The minimum absolute atomic E-state index is 0.0183. The summed E-state index contributed by atoms with van der Waals surface area (Å²) in [6.45, 7) is 3.43. The average molecular weight is 231 g/mol. The van der Waals surface area contributed by atoms with Gasteiger partial charge in [0.2, 0.25) is 5.91 Å². The Morgan fingerprint density at radius 3 is 2.29 bits per heavy atom. The van der Waals surface area contributed by atoms with Gasteiger partial charge in [-0.05, 0) is 32.3 Å². The topological polar surface area (TPSA) is 46.2 Å². The van der Waals surface area contributed by atoms with Crippen LogP contribution in [0.1, 0.15) is 38.3 Å². The van der Waals surface area contributed by atoms with E-state index in [4.69, 9.17) is 0 Å². The maximum Gasteiger partial charge on any atom is 0.234 e. The average Bonchev–Trinajstić information content (AvgIpc) is 3.11. The molecule has 1 fully saturated rings. The predicted molar refractivity (Wildman–Crippen MR) is 65.3 cm³/mol. The quantitative estimate of drug-likeness (QED) is 0.808. The van der Waals surface area contributed by atoms with Crippen molar-refractivity contribution in [2.45, 2.75) is 32.7 Å². The summed E-state index contributed by atoms with van der Waals surface area (Å²) in [6.07, 6.45) is 1.38. The van der Waals surface area contributed by atoms with E-state index >= 15 is 0 Å². The summed E-state index contributed by atoms with van der Waals surface area (Å²) in [5.41, 5.74) is 0.337. The SMILES string of the molecule is CC(=O)C1(C(=O)NC(C)c2ccccc2)CC1. The second-order valence-electron chi connectivity index (χ2n) is 4.74. The molecule has 1 aromatic rings. The number of Topliss-reactive ketones (excluding diaryl/α,β-unsaturated/α-hetero) is 1. The molecule has 0 aliphatic heterocycles. The summed E-state index contributed by atoms with van der Waals surface area (Å²) >= 11 is 0. The molecule has 2 rings (SSSR count). The maximum atomic E-state index is 12.0. The van der Waals surface area contributed by atoms with E-state index in [1.165, 1.54) is 6.92 Å². The van der Waals surface area contributed by atoms with Crippen molar-refractivity contribution in [2.24, 2.45) is 5.41 Å². The standard InChI is InChI=1S/C14H17NO2/c1-10(12-6-4-3-5-7-12)15-13(17)14(8-9-14)11(2)16/h3-7,10H,8-9H2,1-2H3,(H,15,17). The van der Waals surface area contributed by atoms with Crippen molar-refractivity contribution in [1.82, 2.24) is 5.32 Å². The van der Waals surface area contributed by atoms with Crippen molar-refractivity contribution < 1.29 is 9.59 Å². The first-order valence-corrected chi connectivity index (χ1v) is 5.93. The Balaban J connectivity index is 2.03. The number of nitrogens with one attached hydrogen (secondary N) is 1. The van der Waals surface area contributed by atoms with Gasteiger partial charge in [0.1, 0.15) is 11.2 Å². The first-order chi connectivity index (χ1) is 8.06. The van der Waals surface area contributed by atoms with Crippen LogP contribution in [0.4, 0.5) is 0 Å². The summed E-state index contributed by atoms with van der Waals surface area (Å²) in [5.74, 6) is -0.142. The van der Waals surface area contributed by atoms with Crippen molar-refractivity contribution in [3.8, 4) is 0 Å². The van der Waals surface area contributed by atoms with Crippen molar-refractivity contribution in [3.05, 3.63) is 35.9 Å². The Labute approximate surface area is 101 Å². The Morgan fingerprint density at radius 2 is 1.82 bits per heavy atom. The molecule has 0 radical (unpaired) electrons. The fraction of sp³-hybridized carbons (Fsp3) is 0.429. The summed E-state index contributed by atoms with van der Waals surface area (Å²) in [5, 5.41) is 2.92. The lowest BCUT2D eigenvalue weighted by Crippen LogP contribution is -2.37. The highest BCUT2D eigenvalue weighted by Crippen LogP contribution is 2.46. The van der Waals surface area contributed by atoms with E-state index in [2.05, 4.69) is 5.32 Å². The van der Waals surface area contributed by atoms with Gasteiger partial charge >= 0.3 is 0 Å². The molecule has 1 aliphatic rings. The van der Waals surface area contributed by atoms with Crippen LogP contribution in [0.25, 0.3) is 0 Å². The molecule has 1 aliphatic carbocycles. The zero-order chi connectivity index (χ0) is 12.5. The molecule has 17 heavy (non-hydrogen) atoms. The predicted octanol–water partition coefficient (Wildman–Crippen LogP) is 2.23. The van der Waals surface area contributed by atoms with Crippen LogP contribution in [-0.4, -0.2) is 11.7 Å². The normalized spacial score (nSPS) is 18.2. The summed E-state index contributed by atoms with van der Waals surface area (Å²) in [4.78, 5) is 23.4. The van der Waals surface area contributed by atoms with Crippen LogP contribution in [0.15, 0.2) is 30.3 Å². The third-order valence-corrected chi connectivity index (χ3v) is 3.51. The van der Waals surface area contributed by atoms with Gasteiger partial charge in [0.15, 0.2) is 0 Å². The molecule has 1 unspecified atom stereocenters. The second-order valence-corrected chi connectivity index (χ2v) is 4.74. The Kier molecular flexibility index (Phi) is 3.01. The molecule has 1 aromatic carbocycles. The Bertz CT molecular complexity index is 435. The van der Waals surface area contributed by atoms with Crippen LogP contribution in [-0.2, 0) is 9.59 Å². The van der Waals surface area contributed by atoms with E-state index < -0.39 is 5.41 Å². The van der Waals surface area contributed by atoms with Gasteiger partial charge in [-0.3, -0.25) is 9.59 Å². The minimum Gasteiger partial charge on any atom is -0.349 e. The highest BCUT2D eigenvalue weighted by Gasteiger charge is 2.54. The minimum atomic E-state index is -0.719. The number of rotatable bonds is 4. The zero-order valence-electron chi connectivity index (χ0n) is 10.2. The van der Waals surface area contributed by atoms with Gasteiger partial charge in [0.05, 0.1) is 6.04 Å². The van der Waals surface area contributed by atoms with E-state index in [-0.39, 0.29) is 17.7 Å². The smallest absolute Gasteiger partial charge is 0.234 e. The fourth-order valence-electron chi connectivity index (χ4n) is 2.02. The highest BCUT2D eigenvalue weighted by molar-refractivity contribution is 6.07. The first-order valence-electron chi connectivity index (χ1n) is 5.93. The largest absolute Gasteiger partial charge is 0.349 e. The summed E-state index contributed by atoms with van der Waals surface area (Å²) in [6, 6.07) is 9.71. The molecular weight excluding hydrogens is 214 g/mol. The third-order valence-electron chi connectivity index (χ3n) is 3.51. The number of carbonyl (C=O) groups is 2. The van der Waals surface area contributed by atoms with Crippen LogP contribution < -0.4 is 5.32 Å². The molecule has 1 saturated carbocycles. The van der Waals surface area contributed by atoms with Crippen LogP contribution in [0, 0.1) is 5.41 Å². The van der Waals surface area contributed by atoms with Gasteiger partial charge in [-0.1, -0.05) is 30.3 Å². The lowest BCUT2D eigenvalue weighted by Gasteiger charge is -2.18. The van der Waals surface area contributed by atoms with Gasteiger partial charge in [0.25, 0.3) is 0 Å². The summed E-state index contributed by atoms with van der Waals surface area (Å²) < 4.78 is 0. The number of hydrogen-bond donors (Lipinski definition) is 1. The molecule has 3 heteroatoms. The van der Waals surface area contributed by atoms with E-state index in [0.717, 1.165) is 5.56 Å². The molecule has 0 spiro atoms. The van der Waals surface area contributed by atoms with Crippen molar-refractivity contribution in [1.29, 1.82) is 0 Å². The lowest BCUT2D eigenvalue weighted by atomic mass is 10.00. The number of amides is 1. The Morgan fingerprint density at radius 1 is 1.24 bits per heavy atom. The molecule has 0 bridgehead atoms. The van der Waals surface area contributed by atoms with E-state index in [9.17, 15) is 9.59 Å². The van der Waals surface area contributed by atoms with Gasteiger partial charge < -0.3 is 5.32 Å². The van der Waals surface area contributed by atoms with Crippen molar-refractivity contribution in [3.63, 3.8) is 0 Å².